The van der Waals surface area contributed by atoms with E-state index in [1.54, 1.807) is 0 Å². The zero-order valence-corrected chi connectivity index (χ0v) is 11.3. The Morgan fingerprint density at radius 3 is 2.89 bits per heavy atom. The van der Waals surface area contributed by atoms with Crippen LogP contribution in [0.3, 0.4) is 0 Å². The number of aromatic nitrogens is 4. The highest BCUT2D eigenvalue weighted by atomic mass is 15.3. The van der Waals surface area contributed by atoms with E-state index in [4.69, 9.17) is 0 Å². The molecule has 0 aliphatic rings. The predicted octanol–water partition coefficient (Wildman–Crippen LogP) is 1.28. The Hall–Kier alpha value is -1.62. The fourth-order valence-corrected chi connectivity index (χ4v) is 2.07. The lowest BCUT2D eigenvalue weighted by molar-refractivity contribution is 0.580. The van der Waals surface area contributed by atoms with Crippen LogP contribution in [0, 0.1) is 6.92 Å². The first-order chi connectivity index (χ1) is 8.69. The molecular formula is C13H21N5. The highest BCUT2D eigenvalue weighted by Crippen LogP contribution is 2.03. The van der Waals surface area contributed by atoms with Crippen LogP contribution in [0.15, 0.2) is 18.5 Å². The van der Waals surface area contributed by atoms with E-state index in [2.05, 4.69) is 34.7 Å². The number of hydrogen-bond donors (Lipinski definition) is 1. The van der Waals surface area contributed by atoms with Gasteiger partial charge in [-0.05, 0) is 38.4 Å². The van der Waals surface area contributed by atoms with E-state index in [0.29, 0.717) is 0 Å². The third-order valence-electron chi connectivity index (χ3n) is 2.94. The Morgan fingerprint density at radius 2 is 2.22 bits per heavy atom. The number of nitrogens with zero attached hydrogens (tertiary/aromatic N) is 4. The lowest BCUT2D eigenvalue weighted by Gasteiger charge is -2.05. The summed E-state index contributed by atoms with van der Waals surface area (Å²) in [4.78, 5) is 0. The molecule has 0 fully saturated rings. The van der Waals surface area contributed by atoms with E-state index < -0.39 is 0 Å². The summed E-state index contributed by atoms with van der Waals surface area (Å²) < 4.78 is 3.89. The monoisotopic (exact) mass is 247 g/mol. The zero-order chi connectivity index (χ0) is 13.0. The minimum absolute atomic E-state index is 0.870. The molecule has 18 heavy (non-hydrogen) atoms. The van der Waals surface area contributed by atoms with Gasteiger partial charge >= 0.3 is 0 Å². The number of hydrogen-bond acceptors (Lipinski definition) is 3. The van der Waals surface area contributed by atoms with E-state index in [1.807, 2.05) is 29.5 Å². The Bertz CT molecular complexity index is 497. The van der Waals surface area contributed by atoms with Crippen LogP contribution in [-0.2, 0) is 26.6 Å². The second-order valence-corrected chi connectivity index (χ2v) is 4.54. The van der Waals surface area contributed by atoms with Crippen LogP contribution in [0.2, 0.25) is 0 Å². The van der Waals surface area contributed by atoms with Gasteiger partial charge in [-0.1, -0.05) is 0 Å². The molecule has 0 aliphatic carbocycles. The third kappa shape index (κ3) is 3.20. The fourth-order valence-electron chi connectivity index (χ4n) is 2.07. The molecular weight excluding hydrogens is 226 g/mol. The molecule has 2 rings (SSSR count). The highest BCUT2D eigenvalue weighted by Gasteiger charge is 2.03. The van der Waals surface area contributed by atoms with Crippen molar-refractivity contribution >= 4 is 0 Å². The first-order valence-electron chi connectivity index (χ1n) is 6.40. The summed E-state index contributed by atoms with van der Waals surface area (Å²) in [5.74, 6) is 0. The van der Waals surface area contributed by atoms with Gasteiger partial charge in [0.15, 0.2) is 0 Å². The molecule has 0 atom stereocenters. The van der Waals surface area contributed by atoms with Crippen LogP contribution >= 0.6 is 0 Å². The van der Waals surface area contributed by atoms with Gasteiger partial charge in [0.25, 0.3) is 0 Å². The molecule has 5 heteroatoms. The minimum Gasteiger partial charge on any atom is -0.311 e. The molecule has 0 bridgehead atoms. The summed E-state index contributed by atoms with van der Waals surface area (Å²) in [6.45, 7) is 6.90. The van der Waals surface area contributed by atoms with Crippen LogP contribution in [0.1, 0.15) is 23.9 Å². The van der Waals surface area contributed by atoms with Crippen molar-refractivity contribution in [3.8, 4) is 0 Å². The van der Waals surface area contributed by atoms with Gasteiger partial charge in [0.05, 0.1) is 17.6 Å². The largest absolute Gasteiger partial charge is 0.311 e. The van der Waals surface area contributed by atoms with Gasteiger partial charge in [0.1, 0.15) is 0 Å². The van der Waals surface area contributed by atoms with Crippen molar-refractivity contribution in [3.05, 3.63) is 35.4 Å². The average Bonchev–Trinajstić information content (AvgIpc) is 2.91. The molecule has 0 aromatic carbocycles. The van der Waals surface area contributed by atoms with Crippen molar-refractivity contribution in [1.82, 2.24) is 24.9 Å². The van der Waals surface area contributed by atoms with E-state index in [-0.39, 0.29) is 0 Å². The Morgan fingerprint density at radius 1 is 1.39 bits per heavy atom. The lowest BCUT2D eigenvalue weighted by atomic mass is 10.2. The quantitative estimate of drug-likeness (QED) is 0.782. The molecule has 0 unspecified atom stereocenters. The fraction of sp³-hybridized carbons (Fsp3) is 0.538. The molecule has 2 heterocycles. The van der Waals surface area contributed by atoms with Crippen LogP contribution in [0.4, 0.5) is 0 Å². The van der Waals surface area contributed by atoms with Crippen molar-refractivity contribution in [2.45, 2.75) is 33.4 Å². The van der Waals surface area contributed by atoms with Crippen molar-refractivity contribution in [3.63, 3.8) is 0 Å². The highest BCUT2D eigenvalue weighted by molar-refractivity contribution is 5.09. The molecule has 0 radical (unpaired) electrons. The van der Waals surface area contributed by atoms with Gasteiger partial charge in [-0.15, -0.1) is 0 Å². The zero-order valence-electron chi connectivity index (χ0n) is 11.3. The maximum atomic E-state index is 4.43. The second-order valence-electron chi connectivity index (χ2n) is 4.54. The normalized spacial score (nSPS) is 11.1. The SMILES string of the molecule is CCn1nc(C)cc1CNCCc1cnn(C)c1. The van der Waals surface area contributed by atoms with E-state index in [9.17, 15) is 0 Å². The van der Waals surface area contributed by atoms with E-state index in [0.717, 1.165) is 31.7 Å². The van der Waals surface area contributed by atoms with Crippen LogP contribution in [0.25, 0.3) is 0 Å². The Balaban J connectivity index is 1.78. The first-order valence-corrected chi connectivity index (χ1v) is 6.40. The smallest absolute Gasteiger partial charge is 0.0597 e. The van der Waals surface area contributed by atoms with Crippen LogP contribution in [-0.4, -0.2) is 26.1 Å². The van der Waals surface area contributed by atoms with Gasteiger partial charge in [0, 0.05) is 26.3 Å². The second kappa shape index (κ2) is 5.82. The molecule has 0 saturated heterocycles. The van der Waals surface area contributed by atoms with Crippen molar-refractivity contribution in [1.29, 1.82) is 0 Å². The molecule has 2 aromatic heterocycles. The summed E-state index contributed by atoms with van der Waals surface area (Å²) in [6, 6.07) is 2.14. The summed E-state index contributed by atoms with van der Waals surface area (Å²) in [5, 5.41) is 12.0. The molecule has 5 nitrogen and oxygen atoms in total. The van der Waals surface area contributed by atoms with Gasteiger partial charge in [0.2, 0.25) is 0 Å². The molecule has 0 saturated carbocycles. The Kier molecular flexibility index (Phi) is 4.15. The molecule has 0 aliphatic heterocycles. The van der Waals surface area contributed by atoms with Crippen LogP contribution in [0.5, 0.6) is 0 Å². The average molecular weight is 247 g/mol. The molecule has 0 amide bonds. The molecule has 98 valence electrons. The van der Waals surface area contributed by atoms with Gasteiger partial charge < -0.3 is 5.32 Å². The standard InChI is InChI=1S/C13H21N5/c1-4-18-13(7-11(2)16-18)9-14-6-5-12-8-15-17(3)10-12/h7-8,10,14H,4-6,9H2,1-3H3. The molecule has 0 spiro atoms. The third-order valence-corrected chi connectivity index (χ3v) is 2.94. The van der Waals surface area contributed by atoms with Crippen molar-refractivity contribution in [2.24, 2.45) is 7.05 Å². The predicted molar refractivity (Wildman–Crippen MR) is 71.3 cm³/mol. The number of aryl methyl sites for hydroxylation is 3. The molecule has 1 N–H and O–H groups in total. The van der Waals surface area contributed by atoms with Crippen molar-refractivity contribution in [2.75, 3.05) is 6.54 Å². The van der Waals surface area contributed by atoms with Gasteiger partial charge in [-0.2, -0.15) is 10.2 Å². The van der Waals surface area contributed by atoms with Gasteiger partial charge in [-0.3, -0.25) is 9.36 Å². The maximum Gasteiger partial charge on any atom is 0.0597 e. The topological polar surface area (TPSA) is 47.7 Å². The van der Waals surface area contributed by atoms with Crippen LogP contribution < -0.4 is 5.32 Å². The Labute approximate surface area is 108 Å². The van der Waals surface area contributed by atoms with E-state index >= 15 is 0 Å². The minimum atomic E-state index is 0.870. The maximum absolute atomic E-state index is 4.43. The summed E-state index contributed by atoms with van der Waals surface area (Å²) in [5.41, 5.74) is 3.60. The number of rotatable bonds is 6. The number of nitrogens with one attached hydrogen (secondary N) is 1. The van der Waals surface area contributed by atoms with Crippen molar-refractivity contribution < 1.29 is 0 Å². The first kappa shape index (κ1) is 12.8. The molecule has 2 aromatic rings. The summed E-state index contributed by atoms with van der Waals surface area (Å²) in [7, 11) is 1.94. The van der Waals surface area contributed by atoms with E-state index in [1.165, 1.54) is 11.3 Å². The van der Waals surface area contributed by atoms with Gasteiger partial charge in [-0.25, -0.2) is 0 Å². The summed E-state index contributed by atoms with van der Waals surface area (Å²) >= 11 is 0. The lowest BCUT2D eigenvalue weighted by Crippen LogP contribution is -2.19. The summed E-state index contributed by atoms with van der Waals surface area (Å²) in [6.07, 6.45) is 4.98.